The molecule has 3 aromatic rings. The number of ether oxygens (including phenoxy) is 2. The topological polar surface area (TPSA) is 148 Å². The summed E-state index contributed by atoms with van der Waals surface area (Å²) in [6, 6.07) is 14.4. The van der Waals surface area contributed by atoms with Gasteiger partial charge in [-0.05, 0) is 66.7 Å². The molecule has 0 bridgehead atoms. The van der Waals surface area contributed by atoms with Crippen LogP contribution < -0.4 is 10.9 Å². The molecule has 2 amide bonds. The number of hydrogen-bond acceptors (Lipinski definition) is 7. The number of hydrogen-bond donors (Lipinski definition) is 3. The Morgan fingerprint density at radius 3 is 1.56 bits per heavy atom. The van der Waals surface area contributed by atoms with E-state index in [1.165, 1.54) is 66.7 Å². The number of hydrazine groups is 1. The molecule has 3 rings (SSSR count). The van der Waals surface area contributed by atoms with Crippen molar-refractivity contribution in [3.05, 3.63) is 104 Å². The normalized spacial score (nSPS) is 12.0. The zero-order chi connectivity index (χ0) is 28.7. The molecule has 0 fully saturated rings. The Labute approximate surface area is 240 Å². The van der Waals surface area contributed by atoms with Crippen LogP contribution in [0.4, 0.5) is 0 Å². The van der Waals surface area contributed by atoms with Gasteiger partial charge in [0, 0.05) is 15.1 Å². The summed E-state index contributed by atoms with van der Waals surface area (Å²) < 4.78 is 10.1. The van der Waals surface area contributed by atoms with Gasteiger partial charge in [0.25, 0.3) is 11.8 Å². The van der Waals surface area contributed by atoms with Gasteiger partial charge in [0.05, 0.1) is 21.7 Å². The lowest BCUT2D eigenvalue weighted by Crippen LogP contribution is -2.54. The van der Waals surface area contributed by atoms with E-state index in [-0.39, 0.29) is 26.7 Å². The number of benzene rings is 3. The minimum atomic E-state index is -2.33. The quantitative estimate of drug-likeness (QED) is 0.247. The Balaban J connectivity index is 1.85. The van der Waals surface area contributed by atoms with Gasteiger partial charge in [0.2, 0.25) is 12.2 Å². The van der Waals surface area contributed by atoms with E-state index in [1.54, 1.807) is 0 Å². The molecular weight excluding hydrogens is 598 g/mol. The maximum atomic E-state index is 13.0. The average Bonchev–Trinajstić information content (AvgIpc) is 2.89. The van der Waals surface area contributed by atoms with Crippen LogP contribution in [0.25, 0.3) is 0 Å². The van der Waals surface area contributed by atoms with Crippen LogP contribution in [0.1, 0.15) is 31.1 Å². The van der Waals surface area contributed by atoms with Gasteiger partial charge < -0.3 is 14.6 Å². The van der Waals surface area contributed by atoms with Crippen molar-refractivity contribution >= 4 is 76.1 Å². The second-order valence-corrected chi connectivity index (χ2v) is 9.29. The fourth-order valence-electron chi connectivity index (χ4n) is 2.96. The van der Waals surface area contributed by atoms with E-state index < -0.39 is 41.9 Å². The number of carbonyl (C=O) groups excluding carboxylic acids is 4. The van der Waals surface area contributed by atoms with E-state index in [4.69, 9.17) is 55.9 Å². The van der Waals surface area contributed by atoms with Crippen LogP contribution in [0.5, 0.6) is 0 Å². The maximum Gasteiger partial charge on any atom is 0.349 e. The number of carboxylic acids is 1. The van der Waals surface area contributed by atoms with Crippen LogP contribution in [-0.2, 0) is 19.1 Å². The summed E-state index contributed by atoms with van der Waals surface area (Å²) in [6.45, 7) is 0. The third-order valence-corrected chi connectivity index (χ3v) is 5.93. The van der Waals surface area contributed by atoms with E-state index in [9.17, 15) is 29.1 Å². The van der Waals surface area contributed by atoms with Crippen molar-refractivity contribution in [1.29, 1.82) is 0 Å². The van der Waals surface area contributed by atoms with Crippen molar-refractivity contribution in [2.45, 2.75) is 12.2 Å². The Bertz CT molecular complexity index is 1410. The lowest BCUT2D eigenvalue weighted by molar-refractivity contribution is -0.159. The summed E-state index contributed by atoms with van der Waals surface area (Å²) in [7, 11) is 0. The smallest absolute Gasteiger partial charge is 0.349 e. The number of carboxylic acid groups (broad SMARTS) is 1. The highest BCUT2D eigenvalue weighted by atomic mass is 35.5. The molecule has 0 saturated heterocycles. The van der Waals surface area contributed by atoms with Gasteiger partial charge in [-0.1, -0.05) is 46.4 Å². The fraction of sp³-hybridized carbons (Fsp3) is 0.0800. The molecule has 3 aromatic carbocycles. The lowest BCUT2D eigenvalue weighted by atomic mass is 10.1. The first-order valence-corrected chi connectivity index (χ1v) is 12.2. The summed E-state index contributed by atoms with van der Waals surface area (Å²) in [6.07, 6.45) is -4.59. The highest BCUT2D eigenvalue weighted by molar-refractivity contribution is 6.36. The van der Waals surface area contributed by atoms with Crippen LogP contribution in [0.15, 0.2) is 66.7 Å². The van der Waals surface area contributed by atoms with E-state index in [2.05, 4.69) is 0 Å². The number of aliphatic carboxylic acids is 1. The predicted octanol–water partition coefficient (Wildman–Crippen LogP) is 4.60. The van der Waals surface area contributed by atoms with Crippen LogP contribution in [0.3, 0.4) is 0 Å². The first-order valence-electron chi connectivity index (χ1n) is 10.7. The molecule has 0 unspecified atom stereocenters. The molecule has 10 nitrogen and oxygen atoms in total. The minimum absolute atomic E-state index is 0.0414. The Hall–Kier alpha value is -3.83. The van der Waals surface area contributed by atoms with Crippen molar-refractivity contribution in [3.8, 4) is 0 Å². The molecule has 39 heavy (non-hydrogen) atoms. The zero-order valence-corrected chi connectivity index (χ0v) is 22.3. The molecule has 0 heterocycles. The fourth-order valence-corrected chi connectivity index (χ4v) is 3.71. The van der Waals surface area contributed by atoms with Gasteiger partial charge in [-0.3, -0.25) is 20.4 Å². The third-order valence-electron chi connectivity index (χ3n) is 4.88. The summed E-state index contributed by atoms with van der Waals surface area (Å²) in [5, 5.41) is 10.6. The van der Waals surface area contributed by atoms with Gasteiger partial charge in [-0.15, -0.1) is 0 Å². The molecular formula is C25H16Cl4N2O8. The second-order valence-electron chi connectivity index (χ2n) is 7.57. The molecule has 0 aliphatic rings. The van der Waals surface area contributed by atoms with Crippen LogP contribution in [0, 0.1) is 0 Å². The van der Waals surface area contributed by atoms with Gasteiger partial charge in [-0.2, -0.15) is 0 Å². The number of halogens is 4. The number of rotatable bonds is 8. The van der Waals surface area contributed by atoms with E-state index in [1.807, 2.05) is 10.9 Å². The monoisotopic (exact) mass is 612 g/mol. The molecule has 14 heteroatoms. The molecule has 0 radical (unpaired) electrons. The molecule has 0 aromatic heterocycles. The standard InChI is InChI=1S/C25H16Cl4N2O8/c26-14-5-1-12(2-6-14)24(36)38-19(20(23(34)35)39-25(37)13-3-7-15(27)8-4-13)22(33)31-30-21(32)17-10-9-16(28)11-18(17)29/h1-11,19-20H,(H,30,32)(H,31,33)(H,34,35)/t19-,20+/m0/s1. The number of nitrogens with one attached hydrogen (secondary N) is 2. The molecule has 0 aliphatic carbocycles. The zero-order valence-electron chi connectivity index (χ0n) is 19.3. The molecule has 0 aliphatic heterocycles. The van der Waals surface area contributed by atoms with E-state index in [0.717, 1.165) is 0 Å². The van der Waals surface area contributed by atoms with Crippen molar-refractivity contribution in [1.82, 2.24) is 10.9 Å². The van der Waals surface area contributed by atoms with Crippen molar-refractivity contribution in [3.63, 3.8) is 0 Å². The Morgan fingerprint density at radius 2 is 1.10 bits per heavy atom. The van der Waals surface area contributed by atoms with Crippen molar-refractivity contribution in [2.24, 2.45) is 0 Å². The largest absolute Gasteiger partial charge is 0.478 e. The Morgan fingerprint density at radius 1 is 0.641 bits per heavy atom. The SMILES string of the molecule is O=C(O[C@H](C(=O)NNC(=O)c1ccc(Cl)cc1Cl)[C@@H](OC(=O)c1ccc(Cl)cc1)C(=O)O)c1ccc(Cl)cc1. The third kappa shape index (κ3) is 8.08. The van der Waals surface area contributed by atoms with Gasteiger partial charge in [0.1, 0.15) is 0 Å². The van der Waals surface area contributed by atoms with Gasteiger partial charge in [-0.25, -0.2) is 14.4 Å². The number of carbonyl (C=O) groups is 5. The molecule has 3 N–H and O–H groups in total. The van der Waals surface area contributed by atoms with Crippen LogP contribution in [0.2, 0.25) is 20.1 Å². The lowest BCUT2D eigenvalue weighted by Gasteiger charge is -2.23. The first kappa shape index (κ1) is 29.7. The number of amides is 2. The van der Waals surface area contributed by atoms with Crippen LogP contribution in [-0.4, -0.2) is 47.0 Å². The number of esters is 2. The highest BCUT2D eigenvalue weighted by Gasteiger charge is 2.41. The first-order chi connectivity index (χ1) is 18.5. The van der Waals surface area contributed by atoms with Crippen LogP contribution >= 0.6 is 46.4 Å². The average molecular weight is 614 g/mol. The molecule has 2 atom stereocenters. The van der Waals surface area contributed by atoms with Crippen molar-refractivity contribution < 1.29 is 38.6 Å². The van der Waals surface area contributed by atoms with E-state index in [0.29, 0.717) is 10.0 Å². The summed E-state index contributed by atoms with van der Waals surface area (Å²) in [5.41, 5.74) is 3.69. The summed E-state index contributed by atoms with van der Waals surface area (Å²) >= 11 is 23.4. The highest BCUT2D eigenvalue weighted by Crippen LogP contribution is 2.21. The predicted molar refractivity (Wildman–Crippen MR) is 141 cm³/mol. The molecule has 0 saturated carbocycles. The minimum Gasteiger partial charge on any atom is -0.478 e. The van der Waals surface area contributed by atoms with Crippen molar-refractivity contribution in [2.75, 3.05) is 0 Å². The second kappa shape index (κ2) is 13.3. The summed E-state index contributed by atoms with van der Waals surface area (Å²) in [5.74, 6) is -6.37. The van der Waals surface area contributed by atoms with E-state index >= 15 is 0 Å². The van der Waals surface area contributed by atoms with Gasteiger partial charge in [0.15, 0.2) is 0 Å². The Kier molecular flexibility index (Phi) is 10.1. The molecule has 202 valence electrons. The maximum absolute atomic E-state index is 13.0. The van der Waals surface area contributed by atoms with Gasteiger partial charge >= 0.3 is 17.9 Å². The summed E-state index contributed by atoms with van der Waals surface area (Å²) in [4.78, 5) is 62.9. The molecule has 0 spiro atoms.